The van der Waals surface area contributed by atoms with E-state index < -0.39 is 54.2 Å². The van der Waals surface area contributed by atoms with Gasteiger partial charge in [0.25, 0.3) is 0 Å². The topological polar surface area (TPSA) is 55.6 Å². The van der Waals surface area contributed by atoms with Crippen LogP contribution in [0.1, 0.15) is 18.6 Å². The second-order valence-electron chi connectivity index (χ2n) is 3.05. The van der Waals surface area contributed by atoms with Crippen molar-refractivity contribution in [1.82, 2.24) is 0 Å². The maximum absolute atomic E-state index is 14.4. The number of halogens is 1. The summed E-state index contributed by atoms with van der Waals surface area (Å²) in [6.07, 6.45) is 0. The van der Waals surface area contributed by atoms with Gasteiger partial charge in [-0.3, -0.25) is 4.79 Å². The van der Waals surface area contributed by atoms with Crippen molar-refractivity contribution in [3.8, 4) is 0 Å². The molecule has 1 aromatic rings. The van der Waals surface area contributed by atoms with Crippen LogP contribution in [-0.2, 0) is 4.74 Å². The highest BCUT2D eigenvalue weighted by molar-refractivity contribution is 5.93. The highest BCUT2D eigenvalue weighted by Gasteiger charge is 2.15. The quantitative estimate of drug-likeness (QED) is 0.816. The average Bonchev–Trinajstić information content (AvgIpc) is 2.41. The van der Waals surface area contributed by atoms with E-state index >= 15 is 0 Å². The molecule has 0 saturated carbocycles. The molecule has 0 bridgehead atoms. The number of carbonyl (C=O) groups is 1. The van der Waals surface area contributed by atoms with Gasteiger partial charge in [0.1, 0.15) is 5.82 Å². The number of rotatable bonds is 2. The highest BCUT2D eigenvalue weighted by atomic mass is 19.1. The van der Waals surface area contributed by atoms with Crippen LogP contribution in [-0.4, -0.2) is 32.1 Å². The zero-order chi connectivity index (χ0) is 16.8. The van der Waals surface area contributed by atoms with Gasteiger partial charge in [0.2, 0.25) is 5.91 Å². The number of ether oxygens (including phenoxy) is 1. The maximum atomic E-state index is 14.4. The van der Waals surface area contributed by atoms with Gasteiger partial charge in [0.05, 0.1) is 27.1 Å². The van der Waals surface area contributed by atoms with Crippen LogP contribution in [0.15, 0.2) is 18.1 Å². The SMILES string of the molecule is [2H]c1c([2H])c(N2CCOC([2H])C2([2H])[2H])c(F)c([2H])c1C(N)=O. The van der Waals surface area contributed by atoms with Gasteiger partial charge in [-0.1, -0.05) is 0 Å². The largest absolute Gasteiger partial charge is 0.378 e. The molecular weight excluding hydrogens is 211 g/mol. The molecule has 0 radical (unpaired) electrons. The number of hydrogen-bond donors (Lipinski definition) is 1. The fourth-order valence-corrected chi connectivity index (χ4v) is 1.23. The van der Waals surface area contributed by atoms with E-state index in [-0.39, 0.29) is 13.2 Å². The van der Waals surface area contributed by atoms with Crippen LogP contribution >= 0.6 is 0 Å². The molecule has 16 heavy (non-hydrogen) atoms. The monoisotopic (exact) mass is 230 g/mol. The van der Waals surface area contributed by atoms with Gasteiger partial charge >= 0.3 is 0 Å². The number of anilines is 1. The first-order chi connectivity index (χ1) is 10.1. The molecule has 1 saturated heterocycles. The molecule has 1 heterocycles. The predicted molar refractivity (Wildman–Crippen MR) is 57.9 cm³/mol. The summed E-state index contributed by atoms with van der Waals surface area (Å²) >= 11 is 0. The normalized spacial score (nSPS) is 29.3. The van der Waals surface area contributed by atoms with Gasteiger partial charge in [-0.05, 0) is 18.1 Å². The second kappa shape index (κ2) is 4.49. The Morgan fingerprint density at radius 1 is 1.69 bits per heavy atom. The molecule has 5 heteroatoms. The van der Waals surface area contributed by atoms with E-state index in [1.165, 1.54) is 0 Å². The van der Waals surface area contributed by atoms with Crippen molar-refractivity contribution in [2.75, 3.05) is 31.1 Å². The summed E-state index contributed by atoms with van der Waals surface area (Å²) in [6, 6.07) is -2.48. The van der Waals surface area contributed by atoms with Crippen LogP contribution in [0.2, 0.25) is 0 Å². The van der Waals surface area contributed by atoms with Crippen molar-refractivity contribution in [2.45, 2.75) is 0 Å². The number of carbonyl (C=O) groups excluding carboxylic acids is 1. The first-order valence-corrected chi connectivity index (χ1v) is 4.51. The Labute approximate surface area is 101 Å². The van der Waals surface area contributed by atoms with Crippen molar-refractivity contribution in [2.24, 2.45) is 5.73 Å². The molecule has 1 atom stereocenters. The van der Waals surface area contributed by atoms with E-state index in [2.05, 4.69) is 0 Å². The van der Waals surface area contributed by atoms with Crippen molar-refractivity contribution < 1.29 is 22.1 Å². The third-order valence-corrected chi connectivity index (χ3v) is 1.99. The number of primary amides is 1. The summed E-state index contributed by atoms with van der Waals surface area (Å²) in [4.78, 5) is 12.0. The number of benzene rings is 1. The number of amides is 1. The molecule has 1 aliphatic heterocycles. The van der Waals surface area contributed by atoms with E-state index in [1.54, 1.807) is 0 Å². The summed E-state index contributed by atoms with van der Waals surface area (Å²) in [5, 5.41) is 0. The van der Waals surface area contributed by atoms with Crippen molar-refractivity contribution in [3.05, 3.63) is 29.5 Å². The number of hydrogen-bond acceptors (Lipinski definition) is 3. The van der Waals surface area contributed by atoms with Crippen molar-refractivity contribution in [3.63, 3.8) is 0 Å². The molecule has 1 aliphatic rings. The van der Waals surface area contributed by atoms with E-state index in [0.717, 1.165) is 4.90 Å². The lowest BCUT2D eigenvalue weighted by molar-refractivity contribution is 0.0999. The van der Waals surface area contributed by atoms with Gasteiger partial charge in [-0.15, -0.1) is 0 Å². The number of nitrogens with two attached hydrogens (primary N) is 1. The molecule has 1 fully saturated rings. The summed E-state index contributed by atoms with van der Waals surface area (Å²) in [5.41, 5.74) is 3.61. The molecule has 0 aromatic heterocycles. The van der Waals surface area contributed by atoms with Crippen LogP contribution in [0.4, 0.5) is 10.1 Å². The molecular formula is C11H13FN2O2. The summed E-state index contributed by atoms with van der Waals surface area (Å²) in [7, 11) is 0. The summed E-state index contributed by atoms with van der Waals surface area (Å²) < 4.78 is 65.5. The Kier molecular flexibility index (Phi) is 1.58. The number of nitrogens with zero attached hydrogens (tertiary/aromatic N) is 1. The Balaban J connectivity index is 2.69. The molecule has 0 aliphatic carbocycles. The Morgan fingerprint density at radius 2 is 2.50 bits per heavy atom. The maximum Gasteiger partial charge on any atom is 0.248 e. The van der Waals surface area contributed by atoms with Gasteiger partial charge in [0.15, 0.2) is 0 Å². The smallest absolute Gasteiger partial charge is 0.248 e. The Morgan fingerprint density at radius 3 is 3.25 bits per heavy atom. The summed E-state index contributed by atoms with van der Waals surface area (Å²) in [5.74, 6) is -2.54. The van der Waals surface area contributed by atoms with Crippen LogP contribution in [0.3, 0.4) is 0 Å². The lowest BCUT2D eigenvalue weighted by atomic mass is 10.1. The van der Waals surface area contributed by atoms with Gasteiger partial charge < -0.3 is 15.4 Å². The van der Waals surface area contributed by atoms with Crippen molar-refractivity contribution in [1.29, 1.82) is 0 Å². The standard InChI is InChI=1S/C11H13FN2O2/c12-9-7-8(11(13)15)1-2-10(9)14-3-5-16-6-4-14/h1-2,7H,3-6H2,(H2,13,15)/i1D,2D,3D2,5D,7D. The lowest BCUT2D eigenvalue weighted by Crippen LogP contribution is -2.36. The first kappa shape index (κ1) is 5.63. The van der Waals surface area contributed by atoms with E-state index in [1.807, 2.05) is 0 Å². The Hall–Kier alpha value is -1.62. The van der Waals surface area contributed by atoms with Gasteiger partial charge in [-0.25, -0.2) is 4.39 Å². The third-order valence-electron chi connectivity index (χ3n) is 1.99. The minimum Gasteiger partial charge on any atom is -0.378 e. The molecule has 2 N–H and O–H groups in total. The summed E-state index contributed by atoms with van der Waals surface area (Å²) in [6.45, 7) is -4.34. The molecule has 4 nitrogen and oxygen atoms in total. The molecule has 86 valence electrons. The van der Waals surface area contributed by atoms with Crippen LogP contribution in [0.25, 0.3) is 0 Å². The van der Waals surface area contributed by atoms with Crippen LogP contribution < -0.4 is 10.6 Å². The molecule has 1 aromatic carbocycles. The first-order valence-electron chi connectivity index (χ1n) is 7.59. The zero-order valence-corrected chi connectivity index (χ0v) is 8.21. The van der Waals surface area contributed by atoms with Gasteiger partial charge in [0, 0.05) is 18.6 Å². The fraction of sp³-hybridized carbons (Fsp3) is 0.364. The average molecular weight is 230 g/mol. The predicted octanol–water partition coefficient (Wildman–Crippen LogP) is 0.761. The third kappa shape index (κ3) is 2.14. The number of morpholine rings is 1. The minimum absolute atomic E-state index is 0.0786. The van der Waals surface area contributed by atoms with Crippen molar-refractivity contribution >= 4 is 11.6 Å². The molecule has 2 rings (SSSR count). The lowest BCUT2D eigenvalue weighted by Gasteiger charge is -2.29. The van der Waals surface area contributed by atoms with Crippen LogP contribution in [0.5, 0.6) is 0 Å². The van der Waals surface area contributed by atoms with Crippen LogP contribution in [0, 0.1) is 5.82 Å². The van der Waals surface area contributed by atoms with Gasteiger partial charge in [-0.2, -0.15) is 0 Å². The zero-order valence-electron chi connectivity index (χ0n) is 14.2. The van der Waals surface area contributed by atoms with E-state index in [0.29, 0.717) is 0 Å². The molecule has 0 spiro atoms. The second-order valence-corrected chi connectivity index (χ2v) is 3.05. The van der Waals surface area contributed by atoms with E-state index in [4.69, 9.17) is 18.7 Å². The fourth-order valence-electron chi connectivity index (χ4n) is 1.23. The van der Waals surface area contributed by atoms with E-state index in [9.17, 15) is 9.18 Å². The molecule has 1 unspecified atom stereocenters. The Bertz CT molecular complexity index is 612. The minimum atomic E-state index is -2.46. The highest BCUT2D eigenvalue weighted by Crippen LogP contribution is 2.21. The molecule has 1 amide bonds.